The highest BCUT2D eigenvalue weighted by atomic mass is 35.5. The number of hydrogen-bond acceptors (Lipinski definition) is 7. The first kappa shape index (κ1) is 20.3. The van der Waals surface area contributed by atoms with Crippen molar-refractivity contribution in [3.63, 3.8) is 0 Å². The standard InChI is InChI=1S/C15H21ClN2O6/c1-8-5-10(16)3-4-12(8)24-7-13(21)18-17-6-11(20)15(23)14(22)9(2)19/h3-6,9,11,14-15,19-20,22-23H,7H2,1-2H3,(H,18,21)/b17-6-/t9-,11-,14-,15-/m0/s1. The normalized spacial score (nSPS) is 16.5. The third-order valence-corrected chi connectivity index (χ3v) is 3.34. The number of aliphatic hydroxyl groups is 4. The molecule has 0 aromatic heterocycles. The lowest BCUT2D eigenvalue weighted by Crippen LogP contribution is -2.44. The molecule has 0 unspecified atom stereocenters. The van der Waals surface area contributed by atoms with Crippen molar-refractivity contribution in [2.75, 3.05) is 6.61 Å². The lowest BCUT2D eigenvalue weighted by molar-refractivity contribution is -0.123. The molecule has 0 saturated carbocycles. The zero-order chi connectivity index (χ0) is 18.3. The van der Waals surface area contributed by atoms with Crippen molar-refractivity contribution in [1.82, 2.24) is 5.43 Å². The van der Waals surface area contributed by atoms with Crippen molar-refractivity contribution < 1.29 is 30.0 Å². The minimum Gasteiger partial charge on any atom is -0.483 e. The number of aliphatic hydroxyl groups excluding tert-OH is 4. The van der Waals surface area contributed by atoms with Gasteiger partial charge in [0.2, 0.25) is 0 Å². The Morgan fingerprint density at radius 2 is 2.00 bits per heavy atom. The van der Waals surface area contributed by atoms with E-state index in [-0.39, 0.29) is 6.61 Å². The highest BCUT2D eigenvalue weighted by Crippen LogP contribution is 2.21. The average molecular weight is 361 g/mol. The highest BCUT2D eigenvalue weighted by molar-refractivity contribution is 6.30. The molecule has 0 spiro atoms. The van der Waals surface area contributed by atoms with Gasteiger partial charge in [0.15, 0.2) is 6.61 Å². The van der Waals surface area contributed by atoms with Gasteiger partial charge < -0.3 is 25.2 Å². The zero-order valence-corrected chi connectivity index (χ0v) is 14.0. The van der Waals surface area contributed by atoms with E-state index in [0.717, 1.165) is 11.8 Å². The van der Waals surface area contributed by atoms with Gasteiger partial charge in [0.1, 0.15) is 24.1 Å². The summed E-state index contributed by atoms with van der Waals surface area (Å²) in [4.78, 5) is 11.6. The summed E-state index contributed by atoms with van der Waals surface area (Å²) in [7, 11) is 0. The number of ether oxygens (including phenoxy) is 1. The van der Waals surface area contributed by atoms with Crippen molar-refractivity contribution in [3.8, 4) is 5.75 Å². The number of carbonyl (C=O) groups is 1. The van der Waals surface area contributed by atoms with Gasteiger partial charge in [0.05, 0.1) is 12.3 Å². The summed E-state index contributed by atoms with van der Waals surface area (Å²) in [6.45, 7) is 2.73. The van der Waals surface area contributed by atoms with Crippen LogP contribution in [0.2, 0.25) is 5.02 Å². The summed E-state index contributed by atoms with van der Waals surface area (Å²) in [6, 6.07) is 4.95. The fraction of sp³-hybridized carbons (Fsp3) is 0.467. The quantitative estimate of drug-likeness (QED) is 0.316. The predicted octanol–water partition coefficient (Wildman–Crippen LogP) is -0.407. The van der Waals surface area contributed by atoms with Crippen molar-refractivity contribution in [2.45, 2.75) is 38.3 Å². The lowest BCUT2D eigenvalue weighted by Gasteiger charge is -2.22. The van der Waals surface area contributed by atoms with Crippen molar-refractivity contribution in [3.05, 3.63) is 28.8 Å². The Kier molecular flexibility index (Phi) is 8.09. The van der Waals surface area contributed by atoms with E-state index in [0.29, 0.717) is 10.8 Å². The molecule has 0 radical (unpaired) electrons. The van der Waals surface area contributed by atoms with Crippen LogP contribution in [-0.4, -0.2) is 63.6 Å². The second-order valence-electron chi connectivity index (χ2n) is 5.22. The third kappa shape index (κ3) is 6.42. The summed E-state index contributed by atoms with van der Waals surface area (Å²) in [5.41, 5.74) is 2.87. The molecule has 0 saturated heterocycles. The monoisotopic (exact) mass is 360 g/mol. The van der Waals surface area contributed by atoms with Crippen molar-refractivity contribution in [2.24, 2.45) is 5.10 Å². The molecule has 134 valence electrons. The Morgan fingerprint density at radius 1 is 1.33 bits per heavy atom. The second kappa shape index (κ2) is 9.55. The third-order valence-electron chi connectivity index (χ3n) is 3.11. The Balaban J connectivity index is 2.42. The van der Waals surface area contributed by atoms with E-state index in [9.17, 15) is 20.1 Å². The van der Waals surface area contributed by atoms with Crippen LogP contribution in [0.3, 0.4) is 0 Å². The minimum atomic E-state index is -1.64. The number of nitrogens with one attached hydrogen (secondary N) is 1. The molecule has 0 aliphatic carbocycles. The van der Waals surface area contributed by atoms with Gasteiger partial charge in [0.25, 0.3) is 5.91 Å². The molecule has 1 aromatic rings. The van der Waals surface area contributed by atoms with Crippen LogP contribution < -0.4 is 10.2 Å². The van der Waals surface area contributed by atoms with Gasteiger partial charge >= 0.3 is 0 Å². The van der Waals surface area contributed by atoms with Crippen LogP contribution in [0.15, 0.2) is 23.3 Å². The van der Waals surface area contributed by atoms with Gasteiger partial charge in [-0.25, -0.2) is 5.43 Å². The molecule has 1 rings (SSSR count). The maximum atomic E-state index is 11.6. The Bertz CT molecular complexity index is 581. The fourth-order valence-corrected chi connectivity index (χ4v) is 1.94. The van der Waals surface area contributed by atoms with Gasteiger partial charge in [-0.3, -0.25) is 4.79 Å². The number of aryl methyl sites for hydroxylation is 1. The van der Waals surface area contributed by atoms with Crippen LogP contribution >= 0.6 is 11.6 Å². The summed E-state index contributed by atoms with van der Waals surface area (Å²) in [6.07, 6.45) is -5.14. The number of benzene rings is 1. The summed E-state index contributed by atoms with van der Waals surface area (Å²) >= 11 is 5.81. The topological polar surface area (TPSA) is 132 Å². The number of amides is 1. The molecular formula is C15H21ClN2O6. The van der Waals surface area contributed by atoms with Crippen LogP contribution in [0.4, 0.5) is 0 Å². The first-order chi connectivity index (χ1) is 11.2. The predicted molar refractivity (Wildman–Crippen MR) is 88.0 cm³/mol. The van der Waals surface area contributed by atoms with E-state index < -0.39 is 30.3 Å². The molecule has 5 N–H and O–H groups in total. The molecule has 0 heterocycles. The molecule has 4 atom stereocenters. The van der Waals surface area contributed by atoms with Gasteiger partial charge in [-0.15, -0.1) is 0 Å². The highest BCUT2D eigenvalue weighted by Gasteiger charge is 2.27. The molecular weight excluding hydrogens is 340 g/mol. The maximum absolute atomic E-state index is 11.6. The van der Waals surface area contributed by atoms with Gasteiger partial charge in [0, 0.05) is 5.02 Å². The Hall–Kier alpha value is -1.71. The van der Waals surface area contributed by atoms with Crippen molar-refractivity contribution in [1.29, 1.82) is 0 Å². The van der Waals surface area contributed by atoms with Gasteiger partial charge in [-0.05, 0) is 37.6 Å². The van der Waals surface area contributed by atoms with Crippen LogP contribution in [0, 0.1) is 6.92 Å². The van der Waals surface area contributed by atoms with E-state index in [1.807, 2.05) is 0 Å². The first-order valence-electron chi connectivity index (χ1n) is 7.15. The number of carbonyl (C=O) groups excluding carboxylic acids is 1. The molecule has 0 aliphatic rings. The van der Waals surface area contributed by atoms with Crippen LogP contribution in [0.25, 0.3) is 0 Å². The number of nitrogens with zero attached hydrogens (tertiary/aromatic N) is 1. The molecule has 0 fully saturated rings. The van der Waals surface area contributed by atoms with E-state index in [1.54, 1.807) is 25.1 Å². The van der Waals surface area contributed by atoms with Crippen LogP contribution in [0.5, 0.6) is 5.75 Å². The number of rotatable bonds is 8. The van der Waals surface area contributed by atoms with E-state index in [4.69, 9.17) is 21.4 Å². The molecule has 1 aromatic carbocycles. The largest absolute Gasteiger partial charge is 0.483 e. The molecule has 24 heavy (non-hydrogen) atoms. The van der Waals surface area contributed by atoms with Gasteiger partial charge in [-0.1, -0.05) is 11.6 Å². The zero-order valence-electron chi connectivity index (χ0n) is 13.3. The Labute approximate surface area is 144 Å². The molecule has 9 heteroatoms. The molecule has 1 amide bonds. The average Bonchev–Trinajstić information content (AvgIpc) is 2.52. The van der Waals surface area contributed by atoms with Crippen LogP contribution in [-0.2, 0) is 4.79 Å². The smallest absolute Gasteiger partial charge is 0.277 e. The van der Waals surface area contributed by atoms with E-state index >= 15 is 0 Å². The minimum absolute atomic E-state index is 0.311. The fourth-order valence-electron chi connectivity index (χ4n) is 1.71. The first-order valence-corrected chi connectivity index (χ1v) is 7.53. The second-order valence-corrected chi connectivity index (χ2v) is 5.66. The van der Waals surface area contributed by atoms with Gasteiger partial charge in [-0.2, -0.15) is 5.10 Å². The van der Waals surface area contributed by atoms with E-state index in [2.05, 4.69) is 10.5 Å². The number of hydrazone groups is 1. The SMILES string of the molecule is Cc1cc(Cl)ccc1OCC(=O)N/N=C\[C@H](O)[C@H](O)[C@@H](O)[C@H](C)O. The number of halogens is 1. The lowest BCUT2D eigenvalue weighted by atomic mass is 10.1. The molecule has 8 nitrogen and oxygen atoms in total. The van der Waals surface area contributed by atoms with E-state index in [1.165, 1.54) is 6.92 Å². The molecule has 0 aliphatic heterocycles. The summed E-state index contributed by atoms with van der Waals surface area (Å²) in [5, 5.41) is 41.6. The summed E-state index contributed by atoms with van der Waals surface area (Å²) in [5.74, 6) is -0.0904. The summed E-state index contributed by atoms with van der Waals surface area (Å²) < 4.78 is 5.30. The van der Waals surface area contributed by atoms with Crippen LogP contribution in [0.1, 0.15) is 12.5 Å². The molecule has 0 bridgehead atoms. The maximum Gasteiger partial charge on any atom is 0.277 e. The van der Waals surface area contributed by atoms with Crippen molar-refractivity contribution >= 4 is 23.7 Å². The Morgan fingerprint density at radius 3 is 2.58 bits per heavy atom. The number of hydrogen-bond donors (Lipinski definition) is 5.